The summed E-state index contributed by atoms with van der Waals surface area (Å²) in [6, 6.07) is 7.13. The van der Waals surface area contributed by atoms with Gasteiger partial charge in [-0.25, -0.2) is 0 Å². The fourth-order valence-electron chi connectivity index (χ4n) is 1.84. The first-order valence-corrected chi connectivity index (χ1v) is 7.46. The van der Waals surface area contributed by atoms with Crippen molar-refractivity contribution in [3.05, 3.63) is 29.3 Å². The maximum absolute atomic E-state index is 12.3. The van der Waals surface area contributed by atoms with Gasteiger partial charge in [0.05, 0.1) is 12.8 Å². The lowest BCUT2D eigenvalue weighted by molar-refractivity contribution is -0.117. The molecule has 0 fully saturated rings. The Kier molecular flexibility index (Phi) is 5.10. The minimum atomic E-state index is -0.370. The molecule has 1 amide bonds. The second-order valence-corrected chi connectivity index (χ2v) is 5.60. The monoisotopic (exact) mass is 306 g/mol. The summed E-state index contributed by atoms with van der Waals surface area (Å²) in [4.78, 5) is 12.3. The van der Waals surface area contributed by atoms with E-state index < -0.39 is 0 Å². The molecule has 1 heterocycles. The van der Waals surface area contributed by atoms with Crippen molar-refractivity contribution in [2.24, 2.45) is 0 Å². The number of aromatic nitrogens is 2. The van der Waals surface area contributed by atoms with Crippen LogP contribution in [-0.4, -0.2) is 29.3 Å². The SMILES string of the molecule is CC[C@H](Nc1ccccc1OC)C(=O)Nc1nnc(C)s1. The van der Waals surface area contributed by atoms with E-state index in [-0.39, 0.29) is 11.9 Å². The molecule has 0 aliphatic rings. The van der Waals surface area contributed by atoms with E-state index in [0.717, 1.165) is 10.7 Å². The summed E-state index contributed by atoms with van der Waals surface area (Å²) in [5.41, 5.74) is 0.787. The Bertz CT molecular complexity index is 615. The fourth-order valence-corrected chi connectivity index (χ4v) is 2.44. The zero-order valence-electron chi connectivity index (χ0n) is 12.2. The zero-order chi connectivity index (χ0) is 15.2. The minimum Gasteiger partial charge on any atom is -0.495 e. The molecule has 6 nitrogen and oxygen atoms in total. The fraction of sp³-hybridized carbons (Fsp3) is 0.357. The number of benzene rings is 1. The maximum Gasteiger partial charge on any atom is 0.248 e. The second kappa shape index (κ2) is 7.03. The number of rotatable bonds is 6. The molecule has 1 atom stereocenters. The number of hydrogen-bond donors (Lipinski definition) is 2. The molecule has 2 N–H and O–H groups in total. The topological polar surface area (TPSA) is 76.1 Å². The van der Waals surface area contributed by atoms with Crippen LogP contribution < -0.4 is 15.4 Å². The average molecular weight is 306 g/mol. The van der Waals surface area contributed by atoms with E-state index in [2.05, 4.69) is 20.8 Å². The van der Waals surface area contributed by atoms with Gasteiger partial charge in [0.25, 0.3) is 0 Å². The van der Waals surface area contributed by atoms with E-state index >= 15 is 0 Å². The first kappa shape index (κ1) is 15.2. The molecule has 0 saturated carbocycles. The van der Waals surface area contributed by atoms with E-state index in [1.54, 1.807) is 7.11 Å². The van der Waals surface area contributed by atoms with Crippen LogP contribution >= 0.6 is 11.3 Å². The number of carbonyl (C=O) groups is 1. The third kappa shape index (κ3) is 3.91. The van der Waals surface area contributed by atoms with Gasteiger partial charge in [-0.05, 0) is 25.5 Å². The van der Waals surface area contributed by atoms with E-state index in [1.165, 1.54) is 11.3 Å². The molecule has 0 spiro atoms. The number of carbonyl (C=O) groups excluding carboxylic acids is 1. The molecule has 0 saturated heterocycles. The molecule has 1 aromatic carbocycles. The predicted molar refractivity (Wildman–Crippen MR) is 84.0 cm³/mol. The van der Waals surface area contributed by atoms with Crippen LogP contribution in [0.15, 0.2) is 24.3 Å². The Morgan fingerprint density at radius 2 is 2.14 bits per heavy atom. The molecule has 0 radical (unpaired) electrons. The smallest absolute Gasteiger partial charge is 0.248 e. The Balaban J connectivity index is 2.06. The number of para-hydroxylation sites is 2. The highest BCUT2D eigenvalue weighted by Crippen LogP contribution is 2.24. The summed E-state index contributed by atoms with van der Waals surface area (Å²) in [7, 11) is 1.60. The van der Waals surface area contributed by atoms with Crippen LogP contribution in [0.1, 0.15) is 18.4 Å². The predicted octanol–water partition coefficient (Wildman–Crippen LogP) is 2.68. The third-order valence-electron chi connectivity index (χ3n) is 2.92. The van der Waals surface area contributed by atoms with Crippen LogP contribution in [0.3, 0.4) is 0 Å². The molecular weight excluding hydrogens is 288 g/mol. The van der Waals surface area contributed by atoms with Gasteiger partial charge < -0.3 is 10.1 Å². The second-order valence-electron chi connectivity index (χ2n) is 4.42. The summed E-state index contributed by atoms with van der Waals surface area (Å²) in [5, 5.41) is 15.1. The maximum atomic E-state index is 12.3. The zero-order valence-corrected chi connectivity index (χ0v) is 13.0. The van der Waals surface area contributed by atoms with Crippen LogP contribution in [0.2, 0.25) is 0 Å². The first-order chi connectivity index (χ1) is 10.1. The molecule has 2 aromatic rings. The lowest BCUT2D eigenvalue weighted by Gasteiger charge is -2.18. The van der Waals surface area contributed by atoms with Gasteiger partial charge in [0.2, 0.25) is 11.0 Å². The largest absolute Gasteiger partial charge is 0.495 e. The van der Waals surface area contributed by atoms with Gasteiger partial charge in [-0.3, -0.25) is 10.1 Å². The van der Waals surface area contributed by atoms with Gasteiger partial charge >= 0.3 is 0 Å². The van der Waals surface area contributed by atoms with Gasteiger partial charge in [0.1, 0.15) is 16.8 Å². The van der Waals surface area contributed by atoms with Crippen molar-refractivity contribution in [1.82, 2.24) is 10.2 Å². The molecule has 7 heteroatoms. The van der Waals surface area contributed by atoms with Crippen molar-refractivity contribution in [2.75, 3.05) is 17.7 Å². The van der Waals surface area contributed by atoms with E-state index in [9.17, 15) is 4.79 Å². The number of hydrogen-bond acceptors (Lipinski definition) is 6. The first-order valence-electron chi connectivity index (χ1n) is 6.64. The van der Waals surface area contributed by atoms with Crippen LogP contribution in [0.25, 0.3) is 0 Å². The minimum absolute atomic E-state index is 0.139. The molecule has 0 aliphatic carbocycles. The van der Waals surface area contributed by atoms with Gasteiger partial charge in [0.15, 0.2) is 0 Å². The third-order valence-corrected chi connectivity index (χ3v) is 3.67. The Labute approximate surface area is 127 Å². The highest BCUT2D eigenvalue weighted by Gasteiger charge is 2.19. The van der Waals surface area contributed by atoms with Gasteiger partial charge in [-0.15, -0.1) is 10.2 Å². The molecule has 0 unspecified atom stereocenters. The van der Waals surface area contributed by atoms with Crippen molar-refractivity contribution < 1.29 is 9.53 Å². The summed E-state index contributed by atoms with van der Waals surface area (Å²) < 4.78 is 5.28. The van der Waals surface area contributed by atoms with Gasteiger partial charge in [0, 0.05) is 0 Å². The van der Waals surface area contributed by atoms with Gasteiger partial charge in [-0.2, -0.15) is 0 Å². The Morgan fingerprint density at radius 1 is 1.38 bits per heavy atom. The highest BCUT2D eigenvalue weighted by molar-refractivity contribution is 7.15. The lowest BCUT2D eigenvalue weighted by Crippen LogP contribution is -2.34. The Hall–Kier alpha value is -2.15. The Morgan fingerprint density at radius 3 is 2.76 bits per heavy atom. The average Bonchev–Trinajstić information content (AvgIpc) is 2.90. The van der Waals surface area contributed by atoms with E-state index in [1.807, 2.05) is 38.1 Å². The molecule has 0 aliphatic heterocycles. The number of nitrogens with one attached hydrogen (secondary N) is 2. The summed E-state index contributed by atoms with van der Waals surface area (Å²) in [6.45, 7) is 3.79. The number of nitrogens with zero attached hydrogens (tertiary/aromatic N) is 2. The number of anilines is 2. The lowest BCUT2D eigenvalue weighted by atomic mass is 10.2. The number of methoxy groups -OCH3 is 1. The highest BCUT2D eigenvalue weighted by atomic mass is 32.1. The van der Waals surface area contributed by atoms with Crippen molar-refractivity contribution in [1.29, 1.82) is 0 Å². The molecule has 1 aromatic heterocycles. The van der Waals surface area contributed by atoms with Crippen LogP contribution in [0, 0.1) is 6.92 Å². The van der Waals surface area contributed by atoms with Crippen LogP contribution in [-0.2, 0) is 4.79 Å². The molecular formula is C14H18N4O2S. The number of ether oxygens (including phenoxy) is 1. The quantitative estimate of drug-likeness (QED) is 0.858. The number of amides is 1. The molecule has 112 valence electrons. The van der Waals surface area contributed by atoms with E-state index in [4.69, 9.17) is 4.74 Å². The molecule has 2 rings (SSSR count). The normalized spacial score (nSPS) is 11.8. The summed E-state index contributed by atoms with van der Waals surface area (Å²) in [6.07, 6.45) is 0.641. The van der Waals surface area contributed by atoms with Crippen molar-refractivity contribution in [3.8, 4) is 5.75 Å². The molecule has 0 bridgehead atoms. The number of aryl methyl sites for hydroxylation is 1. The summed E-state index contributed by atoms with van der Waals surface area (Å²) >= 11 is 1.35. The standard InChI is InChI=1S/C14H18N4O2S/c1-4-10(13(19)16-14-18-17-9(2)21-14)15-11-7-5-6-8-12(11)20-3/h5-8,10,15H,4H2,1-3H3,(H,16,18,19)/t10-/m0/s1. The van der Waals surface area contributed by atoms with E-state index in [0.29, 0.717) is 17.3 Å². The van der Waals surface area contributed by atoms with Crippen LogP contribution in [0.4, 0.5) is 10.8 Å². The summed E-state index contributed by atoms with van der Waals surface area (Å²) in [5.74, 6) is 0.565. The van der Waals surface area contributed by atoms with Crippen molar-refractivity contribution in [2.45, 2.75) is 26.3 Å². The molecule has 21 heavy (non-hydrogen) atoms. The van der Waals surface area contributed by atoms with Crippen molar-refractivity contribution >= 4 is 28.1 Å². The van der Waals surface area contributed by atoms with Crippen LogP contribution in [0.5, 0.6) is 5.75 Å². The van der Waals surface area contributed by atoms with Gasteiger partial charge in [-0.1, -0.05) is 30.4 Å². The van der Waals surface area contributed by atoms with Crippen molar-refractivity contribution in [3.63, 3.8) is 0 Å².